The summed E-state index contributed by atoms with van der Waals surface area (Å²) in [6, 6.07) is 5.73. The van der Waals surface area contributed by atoms with E-state index in [1.54, 1.807) is 23.6 Å². The highest BCUT2D eigenvalue weighted by atomic mass is 35.5. The van der Waals surface area contributed by atoms with Crippen LogP contribution in [-0.2, 0) is 0 Å². The highest BCUT2D eigenvalue weighted by Crippen LogP contribution is 2.33. The van der Waals surface area contributed by atoms with Crippen molar-refractivity contribution in [1.82, 2.24) is 4.98 Å². The molecule has 86 valence electrons. The maximum atomic E-state index is 10.2. The molecule has 3 rings (SSSR count). The Kier molecular flexibility index (Phi) is 2.88. The number of aliphatic hydroxyl groups excluding tert-OH is 1. The van der Waals surface area contributed by atoms with E-state index in [4.69, 9.17) is 11.6 Å². The fourth-order valence-electron chi connectivity index (χ4n) is 1.66. The normalized spacial score (nSPS) is 13.1. The van der Waals surface area contributed by atoms with Gasteiger partial charge in [0.15, 0.2) is 0 Å². The molecule has 2 nitrogen and oxygen atoms in total. The molecule has 3 aromatic rings. The van der Waals surface area contributed by atoms with Gasteiger partial charge in [-0.05, 0) is 29.0 Å². The van der Waals surface area contributed by atoms with Crippen molar-refractivity contribution < 1.29 is 5.11 Å². The van der Waals surface area contributed by atoms with Crippen LogP contribution in [0, 0.1) is 0 Å². The van der Waals surface area contributed by atoms with Gasteiger partial charge in [-0.15, -0.1) is 22.7 Å². The Hall–Kier alpha value is -0.940. The van der Waals surface area contributed by atoms with Crippen molar-refractivity contribution in [2.75, 3.05) is 0 Å². The van der Waals surface area contributed by atoms with E-state index in [0.717, 1.165) is 20.7 Å². The van der Waals surface area contributed by atoms with E-state index in [9.17, 15) is 5.11 Å². The third kappa shape index (κ3) is 1.98. The number of pyridine rings is 1. The van der Waals surface area contributed by atoms with Crippen molar-refractivity contribution in [3.05, 3.63) is 50.6 Å². The number of fused-ring (bicyclic) bond motifs is 1. The molecule has 0 bridgehead atoms. The Labute approximate surface area is 111 Å². The Morgan fingerprint density at radius 1 is 1.24 bits per heavy atom. The van der Waals surface area contributed by atoms with Crippen molar-refractivity contribution in [2.45, 2.75) is 6.10 Å². The average molecular weight is 282 g/mol. The number of aromatic nitrogens is 1. The van der Waals surface area contributed by atoms with Crippen LogP contribution in [0.2, 0.25) is 5.02 Å². The van der Waals surface area contributed by atoms with Crippen LogP contribution in [0.1, 0.15) is 16.5 Å². The van der Waals surface area contributed by atoms with E-state index < -0.39 is 6.10 Å². The second kappa shape index (κ2) is 4.38. The molecule has 0 amide bonds. The molecule has 0 aromatic carbocycles. The van der Waals surface area contributed by atoms with Gasteiger partial charge in [0.05, 0.1) is 20.1 Å². The lowest BCUT2D eigenvalue weighted by Crippen LogP contribution is -1.98. The third-order valence-corrected chi connectivity index (χ3v) is 4.80. The lowest BCUT2D eigenvalue weighted by molar-refractivity contribution is 0.224. The van der Waals surface area contributed by atoms with Crippen molar-refractivity contribution in [2.24, 2.45) is 0 Å². The highest BCUT2D eigenvalue weighted by Gasteiger charge is 2.16. The number of nitrogens with zero attached hydrogens (tertiary/aromatic N) is 1. The summed E-state index contributed by atoms with van der Waals surface area (Å²) in [6.45, 7) is 0. The molecular weight excluding hydrogens is 274 g/mol. The third-order valence-electron chi connectivity index (χ3n) is 2.53. The van der Waals surface area contributed by atoms with Gasteiger partial charge < -0.3 is 5.11 Å². The topological polar surface area (TPSA) is 33.1 Å². The first-order valence-electron chi connectivity index (χ1n) is 5.00. The zero-order valence-corrected chi connectivity index (χ0v) is 11.0. The Morgan fingerprint density at radius 2 is 2.06 bits per heavy atom. The van der Waals surface area contributed by atoms with E-state index in [-0.39, 0.29) is 0 Å². The van der Waals surface area contributed by atoms with Gasteiger partial charge in [0.1, 0.15) is 6.10 Å². The van der Waals surface area contributed by atoms with Crippen molar-refractivity contribution >= 4 is 44.5 Å². The van der Waals surface area contributed by atoms with Crippen LogP contribution in [-0.4, -0.2) is 10.1 Å². The smallest absolute Gasteiger partial charge is 0.116 e. The molecule has 1 N–H and O–H groups in total. The van der Waals surface area contributed by atoms with E-state index in [1.807, 2.05) is 22.9 Å². The lowest BCUT2D eigenvalue weighted by atomic mass is 10.1. The lowest BCUT2D eigenvalue weighted by Gasteiger charge is -2.09. The summed E-state index contributed by atoms with van der Waals surface area (Å²) in [5, 5.41) is 14.7. The zero-order chi connectivity index (χ0) is 11.8. The summed E-state index contributed by atoms with van der Waals surface area (Å²) in [5.41, 5.74) is 1.74. The number of rotatable bonds is 2. The Balaban J connectivity index is 2.06. The quantitative estimate of drug-likeness (QED) is 0.767. The standard InChI is InChI=1S/C12H8ClNOS2/c13-8-1-3-17-12(8)11(15)7-5-10-9(14-6-7)2-4-16-10/h1-6,11,15H. The number of hydrogen-bond acceptors (Lipinski definition) is 4. The first-order valence-corrected chi connectivity index (χ1v) is 7.13. The predicted octanol–water partition coefficient (Wildman–Crippen LogP) is 4.09. The molecule has 0 fully saturated rings. The van der Waals surface area contributed by atoms with Crippen molar-refractivity contribution in [3.8, 4) is 0 Å². The molecule has 5 heteroatoms. The summed E-state index contributed by atoms with van der Waals surface area (Å²) in [5.74, 6) is 0. The van der Waals surface area contributed by atoms with Crippen LogP contribution >= 0.6 is 34.3 Å². The largest absolute Gasteiger partial charge is 0.383 e. The fourth-order valence-corrected chi connectivity index (χ4v) is 3.62. The van der Waals surface area contributed by atoms with Crippen LogP contribution < -0.4 is 0 Å². The Bertz CT molecular complexity index is 661. The van der Waals surface area contributed by atoms with Crippen LogP contribution in [0.5, 0.6) is 0 Å². The molecule has 0 spiro atoms. The molecule has 3 aromatic heterocycles. The average Bonchev–Trinajstić information content (AvgIpc) is 2.95. The van der Waals surface area contributed by atoms with E-state index in [0.29, 0.717) is 5.02 Å². The molecule has 1 unspecified atom stereocenters. The van der Waals surface area contributed by atoms with Gasteiger partial charge in [0, 0.05) is 11.8 Å². The Morgan fingerprint density at radius 3 is 2.82 bits per heavy atom. The van der Waals surface area contributed by atoms with E-state index in [1.165, 1.54) is 11.3 Å². The molecule has 0 aliphatic heterocycles. The van der Waals surface area contributed by atoms with Crippen LogP contribution in [0.25, 0.3) is 10.2 Å². The SMILES string of the molecule is OC(c1cnc2ccsc2c1)c1sccc1Cl. The molecule has 1 atom stereocenters. The second-order valence-electron chi connectivity index (χ2n) is 3.61. The van der Waals surface area contributed by atoms with Gasteiger partial charge in [0.25, 0.3) is 0 Å². The maximum Gasteiger partial charge on any atom is 0.116 e. The van der Waals surface area contributed by atoms with Gasteiger partial charge in [0.2, 0.25) is 0 Å². The summed E-state index contributed by atoms with van der Waals surface area (Å²) < 4.78 is 1.08. The monoisotopic (exact) mass is 281 g/mol. The minimum absolute atomic E-state index is 0.605. The van der Waals surface area contributed by atoms with E-state index in [2.05, 4.69) is 4.98 Å². The molecule has 0 saturated heterocycles. The first-order chi connectivity index (χ1) is 8.25. The molecule has 0 saturated carbocycles. The van der Waals surface area contributed by atoms with Crippen LogP contribution in [0.4, 0.5) is 0 Å². The van der Waals surface area contributed by atoms with Gasteiger partial charge in [-0.1, -0.05) is 11.6 Å². The van der Waals surface area contributed by atoms with Gasteiger partial charge in [-0.2, -0.15) is 0 Å². The van der Waals surface area contributed by atoms with Gasteiger partial charge in [-0.3, -0.25) is 4.98 Å². The highest BCUT2D eigenvalue weighted by molar-refractivity contribution is 7.17. The molecule has 0 aliphatic rings. The minimum atomic E-state index is -0.693. The summed E-state index contributed by atoms with van der Waals surface area (Å²) in [4.78, 5) is 5.08. The van der Waals surface area contributed by atoms with E-state index >= 15 is 0 Å². The minimum Gasteiger partial charge on any atom is -0.383 e. The summed E-state index contributed by atoms with van der Waals surface area (Å²) in [6.07, 6.45) is 1.01. The van der Waals surface area contributed by atoms with Crippen LogP contribution in [0.15, 0.2) is 35.2 Å². The molecule has 17 heavy (non-hydrogen) atoms. The first kappa shape index (κ1) is 11.2. The summed E-state index contributed by atoms with van der Waals surface area (Å²) in [7, 11) is 0. The maximum absolute atomic E-state index is 10.2. The number of thiophene rings is 2. The molecule has 3 heterocycles. The molecular formula is C12H8ClNOS2. The zero-order valence-electron chi connectivity index (χ0n) is 8.63. The number of halogens is 1. The van der Waals surface area contributed by atoms with Gasteiger partial charge >= 0.3 is 0 Å². The number of aliphatic hydroxyl groups is 1. The molecule has 0 aliphatic carbocycles. The van der Waals surface area contributed by atoms with Crippen molar-refractivity contribution in [1.29, 1.82) is 0 Å². The van der Waals surface area contributed by atoms with Crippen molar-refractivity contribution in [3.63, 3.8) is 0 Å². The predicted molar refractivity (Wildman–Crippen MR) is 73.0 cm³/mol. The number of hydrogen-bond donors (Lipinski definition) is 1. The fraction of sp³-hybridized carbons (Fsp3) is 0.0833. The molecule has 0 radical (unpaired) electrons. The summed E-state index contributed by atoms with van der Waals surface area (Å²) >= 11 is 9.09. The second-order valence-corrected chi connectivity index (χ2v) is 5.91. The van der Waals surface area contributed by atoms with Crippen LogP contribution in [0.3, 0.4) is 0 Å². The van der Waals surface area contributed by atoms with Gasteiger partial charge in [-0.25, -0.2) is 0 Å².